The van der Waals surface area contributed by atoms with Crippen molar-refractivity contribution >= 4 is 34.3 Å². The highest BCUT2D eigenvalue weighted by atomic mass is 32.1. The Kier molecular flexibility index (Phi) is 5.88. The maximum absolute atomic E-state index is 12.5. The van der Waals surface area contributed by atoms with E-state index in [1.165, 1.54) is 11.3 Å². The molecule has 0 spiro atoms. The van der Waals surface area contributed by atoms with Crippen LogP contribution in [0.4, 0.5) is 17.1 Å². The minimum absolute atomic E-state index is 0.0116. The lowest BCUT2D eigenvalue weighted by atomic mass is 9.97. The minimum atomic E-state index is -0.355. The van der Waals surface area contributed by atoms with Crippen molar-refractivity contribution in [3.05, 3.63) is 50.7 Å². The van der Waals surface area contributed by atoms with Crippen LogP contribution in [0.2, 0.25) is 0 Å². The highest BCUT2D eigenvalue weighted by Crippen LogP contribution is 2.31. The van der Waals surface area contributed by atoms with Gasteiger partial charge in [-0.25, -0.2) is 0 Å². The van der Waals surface area contributed by atoms with Crippen molar-refractivity contribution in [1.82, 2.24) is 4.90 Å². The maximum Gasteiger partial charge on any atom is 0.292 e. The van der Waals surface area contributed by atoms with Crippen LogP contribution < -0.4 is 10.2 Å². The van der Waals surface area contributed by atoms with Crippen LogP contribution in [0.15, 0.2) is 35.7 Å². The molecule has 1 amide bonds. The predicted molar refractivity (Wildman–Crippen MR) is 113 cm³/mol. The van der Waals surface area contributed by atoms with Gasteiger partial charge < -0.3 is 15.1 Å². The van der Waals surface area contributed by atoms with E-state index in [1.807, 2.05) is 28.5 Å². The number of carbonyl (C=O) groups is 1. The van der Waals surface area contributed by atoms with E-state index >= 15 is 0 Å². The lowest BCUT2D eigenvalue weighted by Gasteiger charge is -2.36. The fourth-order valence-corrected chi connectivity index (χ4v) is 3.80. The molecule has 1 fully saturated rings. The SMILES string of the molecule is CC(C)(C)CNc1cc(N2CCN(C(=O)c3cccs3)CC2)ccc1[N+](=O)[O-]. The number of nitrogens with zero attached hydrogens (tertiary/aromatic N) is 3. The van der Waals surface area contributed by atoms with E-state index in [0.29, 0.717) is 38.4 Å². The van der Waals surface area contributed by atoms with Crippen LogP contribution in [0, 0.1) is 15.5 Å². The Labute approximate surface area is 169 Å². The predicted octanol–water partition coefficient (Wildman–Crippen LogP) is 4.08. The molecule has 28 heavy (non-hydrogen) atoms. The number of piperazine rings is 1. The number of rotatable bonds is 5. The Morgan fingerprint density at radius 3 is 2.50 bits per heavy atom. The molecule has 0 radical (unpaired) electrons. The Bertz CT molecular complexity index is 838. The van der Waals surface area contributed by atoms with Gasteiger partial charge in [0, 0.05) is 44.5 Å². The molecule has 150 valence electrons. The second-order valence-electron chi connectivity index (χ2n) is 8.13. The monoisotopic (exact) mass is 402 g/mol. The average molecular weight is 403 g/mol. The van der Waals surface area contributed by atoms with Crippen molar-refractivity contribution < 1.29 is 9.72 Å². The van der Waals surface area contributed by atoms with Crippen LogP contribution in [-0.2, 0) is 0 Å². The number of nitrogens with one attached hydrogen (secondary N) is 1. The third-order valence-corrected chi connectivity index (χ3v) is 5.51. The van der Waals surface area contributed by atoms with Crippen molar-refractivity contribution in [2.45, 2.75) is 20.8 Å². The molecule has 0 bridgehead atoms. The molecule has 1 aliphatic rings. The van der Waals surface area contributed by atoms with Gasteiger partial charge in [0.25, 0.3) is 11.6 Å². The van der Waals surface area contributed by atoms with Gasteiger partial charge in [-0.3, -0.25) is 14.9 Å². The normalized spacial score (nSPS) is 14.8. The number of hydrogen-bond donors (Lipinski definition) is 1. The third-order valence-electron chi connectivity index (χ3n) is 4.65. The van der Waals surface area contributed by atoms with Gasteiger partial charge >= 0.3 is 0 Å². The fourth-order valence-electron chi connectivity index (χ4n) is 3.11. The summed E-state index contributed by atoms with van der Waals surface area (Å²) < 4.78 is 0. The molecule has 0 atom stereocenters. The summed E-state index contributed by atoms with van der Waals surface area (Å²) in [7, 11) is 0. The van der Waals surface area contributed by atoms with E-state index in [4.69, 9.17) is 0 Å². The first-order valence-electron chi connectivity index (χ1n) is 9.35. The van der Waals surface area contributed by atoms with Crippen LogP contribution in [0.5, 0.6) is 0 Å². The van der Waals surface area contributed by atoms with Crippen LogP contribution in [-0.4, -0.2) is 48.5 Å². The first-order chi connectivity index (χ1) is 13.2. The zero-order valence-corrected chi connectivity index (χ0v) is 17.3. The van der Waals surface area contributed by atoms with Crippen molar-refractivity contribution in [3.63, 3.8) is 0 Å². The molecule has 1 aromatic heterocycles. The van der Waals surface area contributed by atoms with Crippen molar-refractivity contribution in [2.24, 2.45) is 5.41 Å². The summed E-state index contributed by atoms with van der Waals surface area (Å²) in [6.07, 6.45) is 0. The van der Waals surface area contributed by atoms with Gasteiger partial charge in [0.2, 0.25) is 0 Å². The largest absolute Gasteiger partial charge is 0.379 e. The number of carbonyl (C=O) groups excluding carboxylic acids is 1. The molecule has 1 aliphatic heterocycles. The highest BCUT2D eigenvalue weighted by Gasteiger charge is 2.24. The number of benzene rings is 1. The number of amides is 1. The van der Waals surface area contributed by atoms with Crippen molar-refractivity contribution in [1.29, 1.82) is 0 Å². The van der Waals surface area contributed by atoms with E-state index in [0.717, 1.165) is 10.6 Å². The Balaban J connectivity index is 1.70. The molecule has 0 unspecified atom stereocenters. The minimum Gasteiger partial charge on any atom is -0.379 e. The first-order valence-corrected chi connectivity index (χ1v) is 10.2. The molecule has 8 heteroatoms. The molecule has 2 heterocycles. The summed E-state index contributed by atoms with van der Waals surface area (Å²) in [5, 5.41) is 16.5. The quantitative estimate of drug-likeness (QED) is 0.602. The molecule has 0 aliphatic carbocycles. The summed E-state index contributed by atoms with van der Waals surface area (Å²) in [6, 6.07) is 8.93. The zero-order valence-electron chi connectivity index (χ0n) is 16.5. The Morgan fingerprint density at radius 2 is 1.93 bits per heavy atom. The summed E-state index contributed by atoms with van der Waals surface area (Å²) >= 11 is 1.46. The summed E-state index contributed by atoms with van der Waals surface area (Å²) in [5.74, 6) is 0.0749. The van der Waals surface area contributed by atoms with Gasteiger partial charge in [0.15, 0.2) is 0 Å². The average Bonchev–Trinajstić information content (AvgIpc) is 3.20. The molecule has 1 saturated heterocycles. The van der Waals surface area contributed by atoms with E-state index in [-0.39, 0.29) is 21.9 Å². The number of thiophene rings is 1. The molecule has 1 aromatic carbocycles. The Morgan fingerprint density at radius 1 is 1.21 bits per heavy atom. The highest BCUT2D eigenvalue weighted by molar-refractivity contribution is 7.12. The van der Waals surface area contributed by atoms with E-state index in [1.54, 1.807) is 12.1 Å². The molecule has 3 rings (SSSR count). The summed E-state index contributed by atoms with van der Waals surface area (Å²) in [6.45, 7) is 9.57. The van der Waals surface area contributed by atoms with Crippen molar-refractivity contribution in [2.75, 3.05) is 42.9 Å². The molecule has 1 N–H and O–H groups in total. The molecule has 7 nitrogen and oxygen atoms in total. The smallest absolute Gasteiger partial charge is 0.292 e. The summed E-state index contributed by atoms with van der Waals surface area (Å²) in [4.78, 5) is 28.3. The molecular weight excluding hydrogens is 376 g/mol. The number of hydrogen-bond acceptors (Lipinski definition) is 6. The lowest BCUT2D eigenvalue weighted by molar-refractivity contribution is -0.384. The van der Waals surface area contributed by atoms with Gasteiger partial charge in [-0.2, -0.15) is 0 Å². The van der Waals surface area contributed by atoms with Crippen LogP contribution in [0.3, 0.4) is 0 Å². The first kappa shape index (κ1) is 20.1. The van der Waals surface area contributed by atoms with Gasteiger partial charge in [0.1, 0.15) is 5.69 Å². The number of nitro benzene ring substituents is 1. The fraction of sp³-hybridized carbons (Fsp3) is 0.450. The second kappa shape index (κ2) is 8.18. The lowest BCUT2D eigenvalue weighted by Crippen LogP contribution is -2.48. The number of nitro groups is 1. The van der Waals surface area contributed by atoms with Gasteiger partial charge in [-0.15, -0.1) is 11.3 Å². The molecule has 0 saturated carbocycles. The van der Waals surface area contributed by atoms with Crippen LogP contribution in [0.1, 0.15) is 30.4 Å². The van der Waals surface area contributed by atoms with Crippen LogP contribution >= 0.6 is 11.3 Å². The van der Waals surface area contributed by atoms with Gasteiger partial charge in [-0.05, 0) is 29.0 Å². The van der Waals surface area contributed by atoms with Gasteiger partial charge in [0.05, 0.1) is 9.80 Å². The van der Waals surface area contributed by atoms with Gasteiger partial charge in [-0.1, -0.05) is 26.8 Å². The van der Waals surface area contributed by atoms with Crippen molar-refractivity contribution in [3.8, 4) is 0 Å². The summed E-state index contributed by atoms with van der Waals surface area (Å²) in [5.41, 5.74) is 1.57. The van der Waals surface area contributed by atoms with Crippen LogP contribution in [0.25, 0.3) is 0 Å². The third kappa shape index (κ3) is 4.81. The van der Waals surface area contributed by atoms with E-state index < -0.39 is 0 Å². The maximum atomic E-state index is 12.5. The van der Waals surface area contributed by atoms with E-state index in [2.05, 4.69) is 31.0 Å². The van der Waals surface area contributed by atoms with E-state index in [9.17, 15) is 14.9 Å². The second-order valence-corrected chi connectivity index (χ2v) is 9.08. The molecule has 2 aromatic rings. The topological polar surface area (TPSA) is 78.7 Å². The standard InChI is InChI=1S/C20H26N4O3S/c1-20(2,3)14-21-16-13-15(6-7-17(16)24(26)27)22-8-10-23(11-9-22)19(25)18-5-4-12-28-18/h4-7,12-13,21H,8-11,14H2,1-3H3. The Hall–Kier alpha value is -2.61. The zero-order chi connectivity index (χ0) is 20.3. The number of anilines is 2. The molecular formula is C20H26N4O3S.